The molecule has 1 aliphatic rings. The van der Waals surface area contributed by atoms with Gasteiger partial charge >= 0.3 is 5.97 Å². The Kier molecular flexibility index (Phi) is 4.35. The Bertz CT molecular complexity index is 880. The number of esters is 1. The van der Waals surface area contributed by atoms with Crippen molar-refractivity contribution >= 4 is 41.0 Å². The van der Waals surface area contributed by atoms with E-state index >= 15 is 0 Å². The molecule has 2 aromatic rings. The van der Waals surface area contributed by atoms with Crippen molar-refractivity contribution in [3.8, 4) is 11.5 Å². The van der Waals surface area contributed by atoms with Crippen molar-refractivity contribution in [1.29, 1.82) is 0 Å². The molecule has 2 aromatic carbocycles. The zero-order valence-electron chi connectivity index (χ0n) is 12.9. The van der Waals surface area contributed by atoms with Gasteiger partial charge in [-0.25, -0.2) is 0 Å². The normalized spacial score (nSPS) is 14.5. The van der Waals surface area contributed by atoms with Crippen LogP contribution in [0.25, 0.3) is 6.08 Å². The van der Waals surface area contributed by atoms with Crippen LogP contribution in [0.1, 0.15) is 28.4 Å². The summed E-state index contributed by atoms with van der Waals surface area (Å²) < 4.78 is 10.8. The van der Waals surface area contributed by atoms with Gasteiger partial charge in [-0.2, -0.15) is 0 Å². The average molecular weight is 363 g/mol. The number of ether oxygens (including phenoxy) is 2. The molecule has 24 heavy (non-hydrogen) atoms. The Hall–Kier alpha value is -2.30. The van der Waals surface area contributed by atoms with Crippen molar-refractivity contribution in [2.45, 2.75) is 13.8 Å². The topological polar surface area (TPSA) is 52.6 Å². The quantitative estimate of drug-likeness (QED) is 0.435. The van der Waals surface area contributed by atoms with Crippen LogP contribution in [-0.2, 0) is 4.79 Å². The number of hydrogen-bond donors (Lipinski definition) is 0. The van der Waals surface area contributed by atoms with Crippen LogP contribution in [0.15, 0.2) is 36.1 Å². The first-order valence-corrected chi connectivity index (χ1v) is 7.84. The molecule has 0 bridgehead atoms. The molecule has 4 nitrogen and oxygen atoms in total. The van der Waals surface area contributed by atoms with E-state index in [1.807, 2.05) is 0 Å². The number of fused-ring (bicyclic) bond motifs is 1. The summed E-state index contributed by atoms with van der Waals surface area (Å²) in [7, 11) is 0. The molecule has 122 valence electrons. The molecule has 0 aliphatic carbocycles. The Labute approximate surface area is 148 Å². The maximum Gasteiger partial charge on any atom is 0.308 e. The number of rotatable bonds is 2. The molecule has 0 saturated heterocycles. The van der Waals surface area contributed by atoms with Gasteiger partial charge in [0, 0.05) is 28.1 Å². The third kappa shape index (κ3) is 2.90. The van der Waals surface area contributed by atoms with Gasteiger partial charge < -0.3 is 9.47 Å². The first-order valence-electron chi connectivity index (χ1n) is 7.08. The number of Topliss-reactive ketones (excluding diaryl/α,β-unsaturated/α-hetero) is 1. The predicted octanol–water partition coefficient (Wildman–Crippen LogP) is 4.84. The number of benzene rings is 2. The Morgan fingerprint density at radius 2 is 1.83 bits per heavy atom. The molecule has 0 spiro atoms. The van der Waals surface area contributed by atoms with Crippen LogP contribution >= 0.6 is 23.2 Å². The van der Waals surface area contributed by atoms with Crippen molar-refractivity contribution < 1.29 is 19.1 Å². The second-order valence-corrected chi connectivity index (χ2v) is 6.05. The Morgan fingerprint density at radius 1 is 1.17 bits per heavy atom. The zero-order valence-corrected chi connectivity index (χ0v) is 14.4. The maximum absolute atomic E-state index is 12.5. The summed E-state index contributed by atoms with van der Waals surface area (Å²) in [4.78, 5) is 23.7. The molecule has 0 radical (unpaired) electrons. The highest BCUT2D eigenvalue weighted by atomic mass is 35.5. The van der Waals surface area contributed by atoms with Crippen molar-refractivity contribution in [2.24, 2.45) is 0 Å². The van der Waals surface area contributed by atoms with Gasteiger partial charge in [0.1, 0.15) is 11.5 Å². The lowest BCUT2D eigenvalue weighted by atomic mass is 10.1. The van der Waals surface area contributed by atoms with Crippen molar-refractivity contribution in [3.63, 3.8) is 0 Å². The van der Waals surface area contributed by atoms with Gasteiger partial charge in [-0.05, 0) is 37.3 Å². The highest BCUT2D eigenvalue weighted by molar-refractivity contribution is 6.37. The number of carbonyl (C=O) groups is 2. The standard InChI is InChI=1S/C18H12Cl2O4/c1-9-15(23-10(2)21)7-6-11-17(22)16(24-18(9)11)8-12-13(19)4-3-5-14(12)20/h3-8H,1-2H3/b16-8-. The number of halogens is 2. The monoisotopic (exact) mass is 362 g/mol. The van der Waals surface area contributed by atoms with Crippen LogP contribution in [-0.4, -0.2) is 11.8 Å². The molecule has 6 heteroatoms. The Morgan fingerprint density at radius 3 is 2.46 bits per heavy atom. The zero-order chi connectivity index (χ0) is 17.4. The molecule has 0 unspecified atom stereocenters. The smallest absolute Gasteiger partial charge is 0.308 e. The Balaban J connectivity index is 2.04. The molecule has 1 heterocycles. The van der Waals surface area contributed by atoms with E-state index < -0.39 is 5.97 Å². The van der Waals surface area contributed by atoms with E-state index in [1.165, 1.54) is 13.0 Å². The van der Waals surface area contributed by atoms with Crippen LogP contribution < -0.4 is 9.47 Å². The summed E-state index contributed by atoms with van der Waals surface area (Å²) >= 11 is 12.3. The van der Waals surface area contributed by atoms with Gasteiger partial charge in [-0.3, -0.25) is 9.59 Å². The largest absolute Gasteiger partial charge is 0.452 e. The summed E-state index contributed by atoms with van der Waals surface area (Å²) in [6, 6.07) is 8.21. The summed E-state index contributed by atoms with van der Waals surface area (Å²) in [5.41, 5.74) is 1.48. The fourth-order valence-electron chi connectivity index (χ4n) is 2.41. The van der Waals surface area contributed by atoms with E-state index in [2.05, 4.69) is 0 Å². The SMILES string of the molecule is CC(=O)Oc1ccc2c(c1C)O/C(=C\c1c(Cl)cccc1Cl)C2=O. The fraction of sp³-hybridized carbons (Fsp3) is 0.111. The fourth-order valence-corrected chi connectivity index (χ4v) is 2.92. The number of ketones is 1. The molecule has 0 amide bonds. The van der Waals surface area contributed by atoms with E-state index in [0.717, 1.165) is 0 Å². The number of hydrogen-bond acceptors (Lipinski definition) is 4. The molecular weight excluding hydrogens is 351 g/mol. The molecule has 0 aromatic heterocycles. The molecule has 0 fully saturated rings. The minimum Gasteiger partial charge on any atom is -0.452 e. The average Bonchev–Trinajstić information content (AvgIpc) is 2.83. The van der Waals surface area contributed by atoms with Crippen LogP contribution in [0.4, 0.5) is 0 Å². The van der Waals surface area contributed by atoms with E-state index in [4.69, 9.17) is 32.7 Å². The second-order valence-electron chi connectivity index (χ2n) is 5.23. The first kappa shape index (κ1) is 16.6. The lowest BCUT2D eigenvalue weighted by molar-refractivity contribution is -0.131. The lowest BCUT2D eigenvalue weighted by Crippen LogP contribution is -2.03. The number of allylic oxidation sites excluding steroid dienone is 1. The van der Waals surface area contributed by atoms with Gasteiger partial charge in [0.05, 0.1) is 5.56 Å². The summed E-state index contributed by atoms with van der Waals surface area (Å²) in [5.74, 6) is 0.113. The van der Waals surface area contributed by atoms with Gasteiger partial charge in [-0.1, -0.05) is 29.3 Å². The molecule has 3 rings (SSSR count). The molecular formula is C18H12Cl2O4. The first-order chi connectivity index (χ1) is 11.4. The molecule has 1 aliphatic heterocycles. The third-order valence-electron chi connectivity index (χ3n) is 3.57. The van der Waals surface area contributed by atoms with Crippen LogP contribution in [0, 0.1) is 6.92 Å². The van der Waals surface area contributed by atoms with Gasteiger partial charge in [0.15, 0.2) is 5.76 Å². The van der Waals surface area contributed by atoms with E-state index in [1.54, 1.807) is 37.3 Å². The highest BCUT2D eigenvalue weighted by Gasteiger charge is 2.30. The van der Waals surface area contributed by atoms with E-state index in [0.29, 0.717) is 38.2 Å². The van der Waals surface area contributed by atoms with Crippen LogP contribution in [0.5, 0.6) is 11.5 Å². The summed E-state index contributed by atoms with van der Waals surface area (Å²) in [5, 5.41) is 0.833. The van der Waals surface area contributed by atoms with Crippen LogP contribution in [0.2, 0.25) is 10.0 Å². The van der Waals surface area contributed by atoms with E-state index in [9.17, 15) is 9.59 Å². The highest BCUT2D eigenvalue weighted by Crippen LogP contribution is 2.40. The van der Waals surface area contributed by atoms with E-state index in [-0.39, 0.29) is 11.5 Å². The minimum absolute atomic E-state index is 0.114. The summed E-state index contributed by atoms with van der Waals surface area (Å²) in [6.45, 7) is 3.03. The molecule has 0 saturated carbocycles. The van der Waals surface area contributed by atoms with Crippen LogP contribution in [0.3, 0.4) is 0 Å². The predicted molar refractivity (Wildman–Crippen MR) is 91.9 cm³/mol. The van der Waals surface area contributed by atoms with Gasteiger partial charge in [0.2, 0.25) is 5.78 Å². The second kappa shape index (κ2) is 6.30. The lowest BCUT2D eigenvalue weighted by Gasteiger charge is -2.08. The van der Waals surface area contributed by atoms with Gasteiger partial charge in [-0.15, -0.1) is 0 Å². The maximum atomic E-state index is 12.5. The molecule has 0 atom stereocenters. The minimum atomic E-state index is -0.444. The number of carbonyl (C=O) groups excluding carboxylic acids is 2. The van der Waals surface area contributed by atoms with Crippen molar-refractivity contribution in [2.75, 3.05) is 0 Å². The summed E-state index contributed by atoms with van der Waals surface area (Å²) in [6.07, 6.45) is 1.51. The molecule has 0 N–H and O–H groups in total. The van der Waals surface area contributed by atoms with Crippen molar-refractivity contribution in [3.05, 3.63) is 62.8 Å². The van der Waals surface area contributed by atoms with Crippen molar-refractivity contribution in [1.82, 2.24) is 0 Å². The van der Waals surface area contributed by atoms with Gasteiger partial charge in [0.25, 0.3) is 0 Å². The third-order valence-corrected chi connectivity index (χ3v) is 4.22.